The molecule has 7 nitrogen and oxygen atoms in total. The van der Waals surface area contributed by atoms with Gasteiger partial charge in [0, 0.05) is 16.9 Å². The van der Waals surface area contributed by atoms with Crippen molar-refractivity contribution in [1.82, 2.24) is 20.2 Å². The van der Waals surface area contributed by atoms with Crippen molar-refractivity contribution in [2.24, 2.45) is 0 Å². The van der Waals surface area contributed by atoms with E-state index in [0.29, 0.717) is 32.4 Å². The van der Waals surface area contributed by atoms with Gasteiger partial charge >= 0.3 is 0 Å². The number of hydrogen-bond donors (Lipinski definition) is 3. The lowest BCUT2D eigenvalue weighted by atomic mass is 10.1. The number of aromatic amines is 2. The Morgan fingerprint density at radius 3 is 2.50 bits per heavy atom. The van der Waals surface area contributed by atoms with Crippen LogP contribution in [0.5, 0.6) is 0 Å². The Kier molecular flexibility index (Phi) is 4.74. The minimum atomic E-state index is -0.359. The summed E-state index contributed by atoms with van der Waals surface area (Å²) in [6, 6.07) is 8.70. The first kappa shape index (κ1) is 18.4. The minimum Gasteiger partial charge on any atom is -0.340 e. The summed E-state index contributed by atoms with van der Waals surface area (Å²) in [4.78, 5) is 34.1. The van der Waals surface area contributed by atoms with E-state index in [9.17, 15) is 9.59 Å². The van der Waals surface area contributed by atoms with Gasteiger partial charge in [-0.15, -0.1) is 11.3 Å². The van der Waals surface area contributed by atoms with Crippen molar-refractivity contribution in [2.75, 3.05) is 5.32 Å². The molecule has 3 N–H and O–H groups in total. The molecule has 0 aliphatic carbocycles. The van der Waals surface area contributed by atoms with Gasteiger partial charge in [-0.1, -0.05) is 18.5 Å². The van der Waals surface area contributed by atoms with Crippen LogP contribution in [0.3, 0.4) is 0 Å². The number of nitrogens with one attached hydrogen (secondary N) is 3. The number of thiophene rings is 1. The largest absolute Gasteiger partial charge is 0.340 e. The first-order chi connectivity index (χ1) is 13.5. The number of aryl methyl sites for hydroxylation is 1. The van der Waals surface area contributed by atoms with Crippen LogP contribution in [-0.4, -0.2) is 20.2 Å². The molecule has 0 amide bonds. The van der Waals surface area contributed by atoms with Gasteiger partial charge in [0.15, 0.2) is 5.82 Å². The van der Waals surface area contributed by atoms with Crippen molar-refractivity contribution >= 4 is 45.2 Å². The van der Waals surface area contributed by atoms with E-state index < -0.39 is 0 Å². The first-order valence-corrected chi connectivity index (χ1v) is 9.80. The van der Waals surface area contributed by atoms with Gasteiger partial charge in [-0.05, 0) is 43.7 Å². The molecular weight excluding hydrogens is 398 g/mol. The first-order valence-electron chi connectivity index (χ1n) is 8.61. The van der Waals surface area contributed by atoms with Crippen molar-refractivity contribution in [1.29, 1.82) is 0 Å². The van der Waals surface area contributed by atoms with E-state index in [1.165, 1.54) is 11.3 Å². The molecule has 0 saturated carbocycles. The molecule has 0 unspecified atom stereocenters. The summed E-state index contributed by atoms with van der Waals surface area (Å²) in [5.41, 5.74) is 1.80. The molecule has 0 aliphatic heterocycles. The van der Waals surface area contributed by atoms with Crippen molar-refractivity contribution in [2.45, 2.75) is 20.3 Å². The number of H-pyrrole nitrogens is 2. The quantitative estimate of drug-likeness (QED) is 0.469. The molecule has 1 aromatic carbocycles. The number of fused-ring (bicyclic) bond motifs is 1. The van der Waals surface area contributed by atoms with Crippen molar-refractivity contribution in [3.8, 4) is 10.7 Å². The predicted octanol–water partition coefficient (Wildman–Crippen LogP) is 4.00. The predicted molar refractivity (Wildman–Crippen MR) is 113 cm³/mol. The number of halogens is 1. The summed E-state index contributed by atoms with van der Waals surface area (Å²) >= 11 is 7.46. The van der Waals surface area contributed by atoms with E-state index in [-0.39, 0.29) is 11.1 Å². The molecule has 4 aromatic rings. The van der Waals surface area contributed by atoms with E-state index in [2.05, 4.69) is 25.5 Å². The third kappa shape index (κ3) is 3.32. The Morgan fingerprint density at radius 2 is 1.82 bits per heavy atom. The maximum absolute atomic E-state index is 12.1. The molecule has 0 spiro atoms. The van der Waals surface area contributed by atoms with E-state index in [0.717, 1.165) is 22.6 Å². The number of benzene rings is 1. The molecule has 4 rings (SSSR count). The monoisotopic (exact) mass is 413 g/mol. The number of anilines is 2. The maximum Gasteiger partial charge on any atom is 0.270 e. The van der Waals surface area contributed by atoms with Crippen LogP contribution < -0.4 is 16.4 Å². The second kappa shape index (κ2) is 7.21. The van der Waals surface area contributed by atoms with E-state index in [4.69, 9.17) is 11.6 Å². The second-order valence-corrected chi connectivity index (χ2v) is 7.93. The second-order valence-electron chi connectivity index (χ2n) is 6.21. The summed E-state index contributed by atoms with van der Waals surface area (Å²) < 4.78 is 0.671. The topological polar surface area (TPSA) is 104 Å². The van der Waals surface area contributed by atoms with Gasteiger partial charge in [-0.25, -0.2) is 9.97 Å². The Morgan fingerprint density at radius 1 is 1.07 bits per heavy atom. The van der Waals surface area contributed by atoms with Gasteiger partial charge in [0.1, 0.15) is 5.82 Å². The standard InChI is InChI=1S/C19H16ClN5O2S/c1-3-11-9(2)21-17(14-6-7-15(20)28-14)23-16(11)22-10-4-5-12-13(8-10)19(27)25-24-18(12)26/h4-8H,3H2,1-2H3,(H,24,26)(H,25,27)(H,21,22,23). The lowest BCUT2D eigenvalue weighted by molar-refractivity contribution is 0.976. The van der Waals surface area contributed by atoms with E-state index >= 15 is 0 Å². The minimum absolute atomic E-state index is 0.308. The van der Waals surface area contributed by atoms with Gasteiger partial charge < -0.3 is 5.32 Å². The lowest BCUT2D eigenvalue weighted by Crippen LogP contribution is -2.18. The van der Waals surface area contributed by atoms with Crippen molar-refractivity contribution in [3.63, 3.8) is 0 Å². The zero-order chi connectivity index (χ0) is 19.8. The van der Waals surface area contributed by atoms with E-state index in [1.54, 1.807) is 18.2 Å². The van der Waals surface area contributed by atoms with Gasteiger partial charge in [-0.3, -0.25) is 19.8 Å². The molecule has 0 atom stereocenters. The van der Waals surface area contributed by atoms with Gasteiger partial charge in [0.25, 0.3) is 11.1 Å². The Balaban J connectivity index is 1.81. The Bertz CT molecular complexity index is 1310. The average molecular weight is 414 g/mol. The van der Waals surface area contributed by atoms with Crippen LogP contribution in [0.15, 0.2) is 39.9 Å². The highest BCUT2D eigenvalue weighted by atomic mass is 35.5. The molecule has 0 fully saturated rings. The van der Waals surface area contributed by atoms with Crippen LogP contribution in [0.1, 0.15) is 18.2 Å². The normalized spacial score (nSPS) is 11.1. The molecule has 0 bridgehead atoms. The van der Waals surface area contributed by atoms with E-state index in [1.807, 2.05) is 26.0 Å². The molecule has 3 aromatic heterocycles. The molecule has 142 valence electrons. The summed E-state index contributed by atoms with van der Waals surface area (Å²) in [5, 5.41) is 8.58. The van der Waals surface area contributed by atoms with Crippen LogP contribution in [-0.2, 0) is 6.42 Å². The fourth-order valence-corrected chi connectivity index (χ4v) is 4.04. The molecule has 3 heterocycles. The highest BCUT2D eigenvalue weighted by molar-refractivity contribution is 7.19. The number of nitrogens with zero attached hydrogens (tertiary/aromatic N) is 2. The molecule has 9 heteroatoms. The Labute approximate surface area is 168 Å². The van der Waals surface area contributed by atoms with Crippen LogP contribution in [0.2, 0.25) is 4.34 Å². The average Bonchev–Trinajstić information content (AvgIpc) is 3.11. The summed E-state index contributed by atoms with van der Waals surface area (Å²) in [6.45, 7) is 3.97. The van der Waals surface area contributed by atoms with Crippen molar-refractivity contribution < 1.29 is 0 Å². The zero-order valence-corrected chi connectivity index (χ0v) is 16.7. The SMILES string of the molecule is CCc1c(C)nc(-c2ccc(Cl)s2)nc1Nc1ccc2c(=O)[nH][nH]c(=O)c2c1. The zero-order valence-electron chi connectivity index (χ0n) is 15.1. The smallest absolute Gasteiger partial charge is 0.270 e. The molecule has 28 heavy (non-hydrogen) atoms. The molecular formula is C19H16ClN5O2S. The molecule has 0 radical (unpaired) electrons. The fraction of sp³-hybridized carbons (Fsp3) is 0.158. The summed E-state index contributed by atoms with van der Waals surface area (Å²) in [5.74, 6) is 1.25. The summed E-state index contributed by atoms with van der Waals surface area (Å²) in [6.07, 6.45) is 0.744. The van der Waals surface area contributed by atoms with Gasteiger partial charge in [0.05, 0.1) is 20.0 Å². The van der Waals surface area contributed by atoms with Gasteiger partial charge in [-0.2, -0.15) is 0 Å². The highest BCUT2D eigenvalue weighted by Gasteiger charge is 2.14. The molecule has 0 aliphatic rings. The molecule has 0 saturated heterocycles. The number of aromatic nitrogens is 4. The Hall–Kier alpha value is -2.97. The fourth-order valence-electron chi connectivity index (χ4n) is 3.06. The maximum atomic E-state index is 12.1. The highest BCUT2D eigenvalue weighted by Crippen LogP contribution is 2.31. The van der Waals surface area contributed by atoms with Crippen LogP contribution in [0, 0.1) is 6.92 Å². The lowest BCUT2D eigenvalue weighted by Gasteiger charge is -2.14. The number of hydrogen-bond acceptors (Lipinski definition) is 6. The van der Waals surface area contributed by atoms with Gasteiger partial charge in [0.2, 0.25) is 0 Å². The van der Waals surface area contributed by atoms with Crippen LogP contribution >= 0.6 is 22.9 Å². The van der Waals surface area contributed by atoms with Crippen molar-refractivity contribution in [3.05, 3.63) is 66.6 Å². The van der Waals surface area contributed by atoms with Crippen LogP contribution in [0.4, 0.5) is 11.5 Å². The number of rotatable bonds is 4. The third-order valence-corrected chi connectivity index (χ3v) is 5.65. The van der Waals surface area contributed by atoms with Crippen LogP contribution in [0.25, 0.3) is 21.5 Å². The third-order valence-electron chi connectivity index (χ3n) is 4.42. The summed E-state index contributed by atoms with van der Waals surface area (Å²) in [7, 11) is 0.